The number of hydrogen-bond acceptors (Lipinski definition) is 6. The highest BCUT2D eigenvalue weighted by atomic mass is 31.2. The van der Waals surface area contributed by atoms with E-state index in [9.17, 15) is 19.7 Å². The van der Waals surface area contributed by atoms with Crippen molar-refractivity contribution in [1.82, 2.24) is 0 Å². The maximum atomic E-state index is 15.3. The van der Waals surface area contributed by atoms with Gasteiger partial charge >= 0.3 is 7.60 Å². The molecule has 6 atom stereocenters. The molecular formula is C13H27BFO7P. The molecule has 0 spiro atoms. The third-order valence-electron chi connectivity index (χ3n) is 4.58. The molecule has 1 saturated heterocycles. The second kappa shape index (κ2) is 7.48. The maximum absolute atomic E-state index is 15.3. The maximum Gasteiger partial charge on any atom is 0.362 e. The van der Waals surface area contributed by atoms with Crippen LogP contribution in [0.4, 0.5) is 4.39 Å². The molecule has 136 valence electrons. The molecule has 0 aromatic carbocycles. The predicted octanol–water partition coefficient (Wildman–Crippen LogP) is 0.507. The van der Waals surface area contributed by atoms with Crippen LogP contribution in [0.25, 0.3) is 0 Å². The van der Waals surface area contributed by atoms with E-state index in [-0.39, 0.29) is 19.3 Å². The van der Waals surface area contributed by atoms with Crippen molar-refractivity contribution in [3.63, 3.8) is 0 Å². The van der Waals surface area contributed by atoms with Crippen molar-refractivity contribution >= 4 is 15.4 Å². The van der Waals surface area contributed by atoms with Gasteiger partial charge in [0.05, 0.1) is 6.00 Å². The van der Waals surface area contributed by atoms with Gasteiger partial charge in [-0.1, -0.05) is 20.8 Å². The molecule has 0 saturated carbocycles. The molecule has 23 heavy (non-hydrogen) atoms. The number of halogens is 1. The first-order valence-electron chi connectivity index (χ1n) is 7.83. The van der Waals surface area contributed by atoms with Gasteiger partial charge in [-0.25, -0.2) is 4.39 Å². The molecule has 1 aliphatic rings. The first-order valence-corrected chi connectivity index (χ1v) is 9.40. The summed E-state index contributed by atoms with van der Waals surface area (Å²) in [5.74, 6) is -2.73. The lowest BCUT2D eigenvalue weighted by molar-refractivity contribution is -0.189. The second-order valence-corrected chi connectivity index (χ2v) is 7.95. The van der Waals surface area contributed by atoms with E-state index >= 15 is 4.39 Å². The van der Waals surface area contributed by atoms with Crippen LogP contribution in [0, 0.1) is 0 Å². The Morgan fingerprint density at radius 3 is 2.17 bits per heavy atom. The topological polar surface area (TPSA) is 105 Å². The summed E-state index contributed by atoms with van der Waals surface area (Å²) in [6.07, 6.45) is -4.14. The van der Waals surface area contributed by atoms with Crippen LogP contribution in [-0.2, 0) is 18.6 Å². The summed E-state index contributed by atoms with van der Waals surface area (Å²) < 4.78 is 43.0. The average Bonchev–Trinajstić information content (AvgIpc) is 2.80. The number of aliphatic hydroxyl groups is 2. The van der Waals surface area contributed by atoms with Gasteiger partial charge in [0.25, 0.3) is 0 Å². The number of methoxy groups -OCH3 is 1. The summed E-state index contributed by atoms with van der Waals surface area (Å²) in [6, 6.07) is -0.611. The lowest BCUT2D eigenvalue weighted by Crippen LogP contribution is -2.48. The van der Waals surface area contributed by atoms with Gasteiger partial charge in [-0.15, -0.1) is 0 Å². The van der Waals surface area contributed by atoms with Crippen LogP contribution in [0.5, 0.6) is 0 Å². The van der Waals surface area contributed by atoms with Crippen LogP contribution < -0.4 is 0 Å². The van der Waals surface area contributed by atoms with E-state index in [1.54, 1.807) is 7.85 Å². The predicted molar refractivity (Wildman–Crippen MR) is 84.6 cm³/mol. The lowest BCUT2D eigenvalue weighted by Gasteiger charge is -2.37. The van der Waals surface area contributed by atoms with E-state index in [2.05, 4.69) is 0 Å². The standard InChI is InChI=1S/C13H27BFO7P/c1-5-12(17,6-2)23(18,19)22-13(15,7-3)10-8(16)9(20-4)11(14)21-10/h8-11,16-17H,5-7,14H2,1-4H3,(H,18,19)/t8-,9+,10-,11+,13?/m0/s1. The van der Waals surface area contributed by atoms with Crippen LogP contribution in [0.1, 0.15) is 40.0 Å². The van der Waals surface area contributed by atoms with Crippen molar-refractivity contribution in [2.45, 2.75) is 75.5 Å². The Morgan fingerprint density at radius 2 is 1.83 bits per heavy atom. The largest absolute Gasteiger partial charge is 0.387 e. The van der Waals surface area contributed by atoms with Gasteiger partial charge in [0.2, 0.25) is 5.85 Å². The summed E-state index contributed by atoms with van der Waals surface area (Å²) in [6.45, 7) is 4.41. The zero-order valence-electron chi connectivity index (χ0n) is 14.2. The Morgan fingerprint density at radius 1 is 1.30 bits per heavy atom. The molecule has 7 nitrogen and oxygen atoms in total. The summed E-state index contributed by atoms with van der Waals surface area (Å²) in [7, 11) is -1.78. The Labute approximate surface area is 137 Å². The molecule has 10 heteroatoms. The minimum atomic E-state index is -4.73. The molecule has 2 unspecified atom stereocenters. The summed E-state index contributed by atoms with van der Waals surface area (Å²) in [4.78, 5) is 10.1. The SMILES string of the molecule is B[C@@H]1O[C@H](C(F)(CC)OP(=O)(O)C(O)(CC)CC)[C@@H](O)[C@H]1OC. The lowest BCUT2D eigenvalue weighted by atomic mass is 9.91. The highest BCUT2D eigenvalue weighted by Gasteiger charge is 2.58. The third kappa shape index (κ3) is 3.81. The molecule has 3 N–H and O–H groups in total. The first kappa shape index (κ1) is 21.0. The number of rotatable bonds is 8. The van der Waals surface area contributed by atoms with Gasteiger partial charge in [0, 0.05) is 13.5 Å². The van der Waals surface area contributed by atoms with Crippen molar-refractivity contribution in [3.05, 3.63) is 0 Å². The molecule has 1 fully saturated rings. The molecule has 0 bridgehead atoms. The molecule has 0 aromatic rings. The van der Waals surface area contributed by atoms with Gasteiger partial charge in [-0.2, -0.15) is 0 Å². The van der Waals surface area contributed by atoms with Gasteiger partial charge in [-0.05, 0) is 12.8 Å². The fourth-order valence-electron chi connectivity index (χ4n) is 2.78. The number of aliphatic hydroxyl groups excluding tert-OH is 1. The second-order valence-electron chi connectivity index (χ2n) is 5.89. The summed E-state index contributed by atoms with van der Waals surface area (Å²) >= 11 is 0. The van der Waals surface area contributed by atoms with E-state index in [4.69, 9.17) is 14.0 Å². The van der Waals surface area contributed by atoms with Crippen molar-refractivity contribution < 1.29 is 38.1 Å². The van der Waals surface area contributed by atoms with Crippen LogP contribution in [0.2, 0.25) is 0 Å². The van der Waals surface area contributed by atoms with Crippen molar-refractivity contribution in [2.24, 2.45) is 0 Å². The van der Waals surface area contributed by atoms with Gasteiger partial charge in [-0.3, -0.25) is 9.09 Å². The minimum Gasteiger partial charge on any atom is -0.387 e. The zero-order valence-corrected chi connectivity index (χ0v) is 15.1. The molecule has 0 amide bonds. The van der Waals surface area contributed by atoms with E-state index in [0.29, 0.717) is 0 Å². The van der Waals surface area contributed by atoms with Crippen molar-refractivity contribution in [1.29, 1.82) is 0 Å². The number of hydrogen-bond donors (Lipinski definition) is 3. The molecule has 0 aliphatic carbocycles. The fourth-order valence-corrected chi connectivity index (χ4v) is 4.40. The smallest absolute Gasteiger partial charge is 0.362 e. The fraction of sp³-hybridized carbons (Fsp3) is 1.00. The Hall–Kier alpha value is -0.0151. The normalized spacial score (nSPS) is 34.1. The Balaban J connectivity index is 3.09. The van der Waals surface area contributed by atoms with Crippen LogP contribution in [-0.4, -0.2) is 65.6 Å². The van der Waals surface area contributed by atoms with Crippen LogP contribution >= 0.6 is 7.60 Å². The quantitative estimate of drug-likeness (QED) is 0.430. The van der Waals surface area contributed by atoms with Crippen molar-refractivity contribution in [3.8, 4) is 0 Å². The molecular weight excluding hydrogens is 329 g/mol. The molecule has 1 heterocycles. The van der Waals surface area contributed by atoms with Crippen molar-refractivity contribution in [2.75, 3.05) is 7.11 Å². The van der Waals surface area contributed by atoms with Gasteiger partial charge in [0.15, 0.2) is 5.34 Å². The average molecular weight is 356 g/mol. The molecule has 1 aliphatic heterocycles. The Bertz CT molecular complexity index is 450. The Kier molecular flexibility index (Phi) is 6.84. The van der Waals surface area contributed by atoms with E-state index < -0.39 is 43.1 Å². The monoisotopic (exact) mass is 356 g/mol. The van der Waals surface area contributed by atoms with E-state index in [0.717, 1.165) is 0 Å². The minimum absolute atomic E-state index is 0.0811. The summed E-state index contributed by atoms with van der Waals surface area (Å²) in [5.41, 5.74) is 0. The van der Waals surface area contributed by atoms with Gasteiger partial charge in [0.1, 0.15) is 26.2 Å². The number of alkyl halides is 1. The summed E-state index contributed by atoms with van der Waals surface area (Å²) in [5, 5.41) is 18.4. The zero-order chi connectivity index (χ0) is 18.1. The van der Waals surface area contributed by atoms with Crippen LogP contribution in [0.3, 0.4) is 0 Å². The van der Waals surface area contributed by atoms with E-state index in [1.807, 2.05) is 0 Å². The molecule has 0 radical (unpaired) electrons. The third-order valence-corrected chi connectivity index (χ3v) is 6.82. The van der Waals surface area contributed by atoms with Gasteiger partial charge < -0.3 is 24.6 Å². The molecule has 1 rings (SSSR count). The number of ether oxygens (including phenoxy) is 2. The highest BCUT2D eigenvalue weighted by Crippen LogP contribution is 2.61. The molecule has 0 aromatic heterocycles. The highest BCUT2D eigenvalue weighted by molar-refractivity contribution is 7.54. The van der Waals surface area contributed by atoms with E-state index in [1.165, 1.54) is 27.9 Å². The first-order chi connectivity index (χ1) is 10.5. The van der Waals surface area contributed by atoms with Crippen LogP contribution in [0.15, 0.2) is 0 Å².